The Kier molecular flexibility index (Phi) is 7.91. The number of carbonyl (C=O) groups is 2. The van der Waals surface area contributed by atoms with Crippen molar-refractivity contribution in [2.45, 2.75) is 58.0 Å². The molecule has 1 aromatic rings. The van der Waals surface area contributed by atoms with Gasteiger partial charge in [-0.25, -0.2) is 9.59 Å². The van der Waals surface area contributed by atoms with Crippen molar-refractivity contribution in [2.24, 2.45) is 0 Å². The summed E-state index contributed by atoms with van der Waals surface area (Å²) in [5.41, 5.74) is 3.21. The minimum absolute atomic E-state index is 0.217. The fourth-order valence-corrected chi connectivity index (χ4v) is 4.54. The van der Waals surface area contributed by atoms with Crippen LogP contribution in [0.5, 0.6) is 0 Å². The van der Waals surface area contributed by atoms with Crippen LogP contribution in [-0.2, 0) is 9.53 Å². The van der Waals surface area contributed by atoms with Crippen LogP contribution in [0.1, 0.15) is 56.2 Å². The number of urea groups is 1. The van der Waals surface area contributed by atoms with Gasteiger partial charge in [0, 0.05) is 24.8 Å². The van der Waals surface area contributed by atoms with Crippen molar-refractivity contribution >= 4 is 12.0 Å². The lowest BCUT2D eigenvalue weighted by atomic mass is 9.92. The molecule has 1 saturated carbocycles. The van der Waals surface area contributed by atoms with Crippen LogP contribution in [0.25, 0.3) is 0 Å². The lowest BCUT2D eigenvalue weighted by Crippen LogP contribution is -2.51. The van der Waals surface area contributed by atoms with Gasteiger partial charge in [-0.1, -0.05) is 55.2 Å². The number of hydrogen-bond acceptors (Lipinski definition) is 4. The van der Waals surface area contributed by atoms with Crippen molar-refractivity contribution in [3.63, 3.8) is 0 Å². The quantitative estimate of drug-likeness (QED) is 0.497. The number of ether oxygens (including phenoxy) is 1. The van der Waals surface area contributed by atoms with Gasteiger partial charge in [0.25, 0.3) is 0 Å². The first-order valence-electron chi connectivity index (χ1n) is 11.3. The van der Waals surface area contributed by atoms with Crippen molar-refractivity contribution in [1.82, 2.24) is 15.1 Å². The number of nitrogens with zero attached hydrogens (tertiary/aromatic N) is 2. The Morgan fingerprint density at radius 3 is 2.55 bits per heavy atom. The molecule has 31 heavy (non-hydrogen) atoms. The summed E-state index contributed by atoms with van der Waals surface area (Å²) >= 11 is 0. The second-order valence-corrected chi connectivity index (χ2v) is 8.48. The van der Waals surface area contributed by atoms with Gasteiger partial charge in [-0.15, -0.1) is 6.58 Å². The Hall–Kier alpha value is -2.60. The Bertz CT molecular complexity index is 825. The number of esters is 1. The molecule has 6 heteroatoms. The molecule has 0 radical (unpaired) electrons. The molecule has 1 N–H and O–H groups in total. The predicted octanol–water partition coefficient (Wildman–Crippen LogP) is 4.33. The molecule has 2 amide bonds. The smallest absolute Gasteiger partial charge is 0.338 e. The van der Waals surface area contributed by atoms with E-state index in [0.29, 0.717) is 30.4 Å². The molecule has 1 aromatic carbocycles. The van der Waals surface area contributed by atoms with Gasteiger partial charge in [0.2, 0.25) is 0 Å². The third kappa shape index (κ3) is 5.37. The van der Waals surface area contributed by atoms with Gasteiger partial charge in [-0.2, -0.15) is 0 Å². The zero-order valence-corrected chi connectivity index (χ0v) is 19.0. The Morgan fingerprint density at radius 1 is 1.26 bits per heavy atom. The van der Waals surface area contributed by atoms with Crippen LogP contribution < -0.4 is 5.32 Å². The lowest BCUT2D eigenvalue weighted by molar-refractivity contribution is -0.139. The highest BCUT2D eigenvalue weighted by Crippen LogP contribution is 2.33. The molecule has 0 aromatic heterocycles. The summed E-state index contributed by atoms with van der Waals surface area (Å²) in [6, 6.07) is 7.62. The Balaban J connectivity index is 2.06. The summed E-state index contributed by atoms with van der Waals surface area (Å²) in [5.74, 6) is -0.380. The Labute approximate surface area is 185 Å². The molecular weight excluding hydrogens is 390 g/mol. The number of likely N-dealkylation sites (N-methyl/N-ethyl adjacent to an activating group) is 1. The molecule has 3 rings (SSSR count). The molecule has 1 atom stereocenters. The minimum atomic E-state index is -0.539. The number of aryl methyl sites for hydroxylation is 1. The number of nitrogens with one attached hydrogen (secondary N) is 1. The Morgan fingerprint density at radius 2 is 1.94 bits per heavy atom. The van der Waals surface area contributed by atoms with Crippen molar-refractivity contribution < 1.29 is 14.3 Å². The zero-order chi connectivity index (χ0) is 22.4. The van der Waals surface area contributed by atoms with Gasteiger partial charge in [0.1, 0.15) is 0 Å². The third-order valence-corrected chi connectivity index (χ3v) is 6.25. The second kappa shape index (κ2) is 10.6. The second-order valence-electron chi connectivity index (χ2n) is 8.48. The van der Waals surface area contributed by atoms with Gasteiger partial charge in [0.15, 0.2) is 0 Å². The highest BCUT2D eigenvalue weighted by atomic mass is 16.5. The molecule has 0 bridgehead atoms. The normalized spacial score (nSPS) is 20.1. The van der Waals surface area contributed by atoms with E-state index in [1.165, 1.54) is 19.3 Å². The summed E-state index contributed by atoms with van der Waals surface area (Å²) in [6.07, 6.45) is 7.71. The molecule has 1 aliphatic heterocycles. The zero-order valence-electron chi connectivity index (χ0n) is 19.0. The molecular formula is C25H35N3O3. The van der Waals surface area contributed by atoms with E-state index in [1.54, 1.807) is 17.9 Å². The van der Waals surface area contributed by atoms with Crippen molar-refractivity contribution in [3.8, 4) is 0 Å². The van der Waals surface area contributed by atoms with Gasteiger partial charge in [-0.05, 0) is 39.3 Å². The number of hydrogen-bond donors (Lipinski definition) is 1. The number of carbonyl (C=O) groups excluding carboxylic acids is 2. The van der Waals surface area contributed by atoms with Gasteiger partial charge < -0.3 is 10.1 Å². The van der Waals surface area contributed by atoms with Crippen LogP contribution in [0.4, 0.5) is 4.79 Å². The van der Waals surface area contributed by atoms with Crippen LogP contribution in [-0.4, -0.2) is 54.6 Å². The van der Waals surface area contributed by atoms with Crippen molar-refractivity contribution in [2.75, 3.05) is 26.7 Å². The van der Waals surface area contributed by atoms with Crippen molar-refractivity contribution in [1.29, 1.82) is 0 Å². The standard InChI is InChI=1S/C25H35N3O3/c1-5-16-28-21(17-27(4)20-10-8-7-9-11-20)22(24(29)31-6-2)23(26-25(28)30)19-14-12-18(3)13-15-19/h5,12-15,20,23H,1,6-11,16-17H2,2-4H3,(H,26,30). The van der Waals surface area contributed by atoms with Crippen LogP contribution in [0, 0.1) is 6.92 Å². The molecule has 6 nitrogen and oxygen atoms in total. The predicted molar refractivity (Wildman–Crippen MR) is 123 cm³/mol. The maximum Gasteiger partial charge on any atom is 0.338 e. The van der Waals surface area contributed by atoms with E-state index in [2.05, 4.69) is 23.8 Å². The van der Waals surface area contributed by atoms with E-state index in [0.717, 1.165) is 24.0 Å². The maximum atomic E-state index is 13.2. The van der Waals surface area contributed by atoms with E-state index in [4.69, 9.17) is 4.74 Å². The molecule has 1 aliphatic carbocycles. The van der Waals surface area contributed by atoms with Crippen LogP contribution in [0.2, 0.25) is 0 Å². The molecule has 0 spiro atoms. The molecule has 1 fully saturated rings. The highest BCUT2D eigenvalue weighted by molar-refractivity contribution is 5.95. The van der Waals surface area contributed by atoms with Crippen molar-refractivity contribution in [3.05, 3.63) is 59.3 Å². The number of benzene rings is 1. The van der Waals surface area contributed by atoms with E-state index >= 15 is 0 Å². The van der Waals surface area contributed by atoms with E-state index < -0.39 is 6.04 Å². The number of amides is 2. The summed E-state index contributed by atoms with van der Waals surface area (Å²) in [4.78, 5) is 30.2. The summed E-state index contributed by atoms with van der Waals surface area (Å²) in [6.45, 7) is 8.76. The lowest BCUT2D eigenvalue weighted by Gasteiger charge is -2.39. The van der Waals surface area contributed by atoms with Crippen LogP contribution in [0.3, 0.4) is 0 Å². The third-order valence-electron chi connectivity index (χ3n) is 6.25. The average Bonchev–Trinajstić information content (AvgIpc) is 2.77. The first kappa shape index (κ1) is 23.1. The highest BCUT2D eigenvalue weighted by Gasteiger charge is 2.38. The SMILES string of the molecule is C=CCN1C(=O)NC(c2ccc(C)cc2)C(C(=O)OCC)=C1CN(C)C1CCCCC1. The maximum absolute atomic E-state index is 13.2. The fraction of sp³-hybridized carbons (Fsp3) is 0.520. The average molecular weight is 426 g/mol. The van der Waals surface area contributed by atoms with E-state index in [-0.39, 0.29) is 18.6 Å². The van der Waals surface area contributed by atoms with E-state index in [9.17, 15) is 9.59 Å². The first-order valence-corrected chi connectivity index (χ1v) is 11.3. The van der Waals surface area contributed by atoms with Crippen LogP contribution >= 0.6 is 0 Å². The summed E-state index contributed by atoms with van der Waals surface area (Å²) in [7, 11) is 2.09. The first-order chi connectivity index (χ1) is 15.0. The molecule has 0 saturated heterocycles. The fourth-order valence-electron chi connectivity index (χ4n) is 4.54. The van der Waals surface area contributed by atoms with Gasteiger partial charge in [-0.3, -0.25) is 9.80 Å². The minimum Gasteiger partial charge on any atom is -0.463 e. The van der Waals surface area contributed by atoms with Gasteiger partial charge >= 0.3 is 12.0 Å². The molecule has 2 aliphatic rings. The molecule has 168 valence electrons. The topological polar surface area (TPSA) is 61.9 Å². The summed E-state index contributed by atoms with van der Waals surface area (Å²) in [5, 5.41) is 3.02. The monoisotopic (exact) mass is 425 g/mol. The molecule has 1 heterocycles. The number of rotatable bonds is 8. The molecule has 1 unspecified atom stereocenters. The van der Waals surface area contributed by atoms with Gasteiger partial charge in [0.05, 0.1) is 18.2 Å². The van der Waals surface area contributed by atoms with Crippen LogP contribution in [0.15, 0.2) is 48.2 Å². The van der Waals surface area contributed by atoms with E-state index in [1.807, 2.05) is 31.2 Å². The largest absolute Gasteiger partial charge is 0.463 e. The summed E-state index contributed by atoms with van der Waals surface area (Å²) < 4.78 is 5.46.